The number of rotatable bonds is 9. The number of carbonyl (C=O) groups is 1. The van der Waals surface area contributed by atoms with Crippen LogP contribution in [0.2, 0.25) is 0 Å². The van der Waals surface area contributed by atoms with Crippen LogP contribution in [0.5, 0.6) is 11.5 Å². The molecule has 0 N–H and O–H groups in total. The molecule has 0 fully saturated rings. The minimum atomic E-state index is -3.88. The molecule has 25 heavy (non-hydrogen) atoms. The Morgan fingerprint density at radius 3 is 1.88 bits per heavy atom. The highest BCUT2D eigenvalue weighted by Gasteiger charge is 2.33. The average molecular weight is 364 g/mol. The summed E-state index contributed by atoms with van der Waals surface area (Å²) in [6.45, 7) is -0.472. The molecule has 0 radical (unpaired) electrons. The number of carbonyl (C=O) groups excluding carboxylic acids is 1. The average Bonchev–Trinajstić information content (AvgIpc) is 2.62. The van der Waals surface area contributed by atoms with Crippen molar-refractivity contribution in [2.24, 2.45) is 5.29 Å². The summed E-state index contributed by atoms with van der Waals surface area (Å²) in [5.74, 6) is -0.109. The maximum absolute atomic E-state index is 13.2. The van der Waals surface area contributed by atoms with Crippen LogP contribution in [0.1, 0.15) is 0 Å². The Bertz CT molecular complexity index is 695. The molecule has 0 aliphatic rings. The van der Waals surface area contributed by atoms with Crippen LogP contribution < -0.4 is 9.05 Å². The van der Waals surface area contributed by atoms with E-state index in [2.05, 4.69) is 10.0 Å². The van der Waals surface area contributed by atoms with Crippen LogP contribution in [0.15, 0.2) is 65.9 Å². The van der Waals surface area contributed by atoms with Gasteiger partial charge in [-0.25, -0.2) is 9.57 Å². The van der Waals surface area contributed by atoms with Crippen molar-refractivity contribution in [1.82, 2.24) is 5.01 Å². The number of hydrogen-bond acceptors (Lipinski definition) is 7. The van der Waals surface area contributed by atoms with E-state index in [0.29, 0.717) is 11.5 Å². The molecule has 0 saturated heterocycles. The zero-order valence-corrected chi connectivity index (χ0v) is 14.4. The van der Waals surface area contributed by atoms with Gasteiger partial charge in [0.15, 0.2) is 6.29 Å². The van der Waals surface area contributed by atoms with Crippen molar-refractivity contribution in [3.8, 4) is 11.5 Å². The monoisotopic (exact) mass is 364 g/mol. The second-order valence-electron chi connectivity index (χ2n) is 4.88. The highest BCUT2D eigenvalue weighted by atomic mass is 31.2. The first-order chi connectivity index (χ1) is 12.0. The number of esters is 1. The highest BCUT2D eigenvalue weighted by Crippen LogP contribution is 2.49. The maximum Gasteiger partial charge on any atom is 0.451 e. The second kappa shape index (κ2) is 8.84. The fourth-order valence-electron chi connectivity index (χ4n) is 1.88. The number of methoxy groups -OCH3 is 1. The summed E-state index contributed by atoms with van der Waals surface area (Å²) < 4.78 is 28.6. The number of nitroso groups, excluding NO2 is 1. The van der Waals surface area contributed by atoms with Gasteiger partial charge in [-0.05, 0) is 24.3 Å². The minimum Gasteiger partial charge on any atom is -0.468 e. The fourth-order valence-corrected chi connectivity index (χ4v) is 3.47. The molecule has 0 unspecified atom stereocenters. The number of benzene rings is 2. The van der Waals surface area contributed by atoms with E-state index >= 15 is 0 Å². The van der Waals surface area contributed by atoms with Crippen LogP contribution in [-0.4, -0.2) is 30.9 Å². The van der Waals surface area contributed by atoms with E-state index in [1.165, 1.54) is 7.11 Å². The molecule has 2 aromatic rings. The van der Waals surface area contributed by atoms with Crippen LogP contribution in [0.25, 0.3) is 0 Å². The summed E-state index contributed by atoms with van der Waals surface area (Å²) in [6, 6.07) is 16.7. The van der Waals surface area contributed by atoms with Crippen molar-refractivity contribution >= 4 is 13.6 Å². The van der Waals surface area contributed by atoms with E-state index in [9.17, 15) is 14.3 Å². The Morgan fingerprint density at radius 2 is 1.48 bits per heavy atom. The van der Waals surface area contributed by atoms with Crippen LogP contribution in [-0.2, 0) is 14.1 Å². The van der Waals surface area contributed by atoms with Crippen molar-refractivity contribution in [2.45, 2.75) is 0 Å². The number of ether oxygens (including phenoxy) is 1. The van der Waals surface area contributed by atoms with Crippen LogP contribution in [0.4, 0.5) is 0 Å². The molecule has 0 aliphatic carbocycles. The van der Waals surface area contributed by atoms with E-state index in [0.717, 1.165) is 5.01 Å². The molecule has 0 spiro atoms. The lowest BCUT2D eigenvalue weighted by Gasteiger charge is -2.23. The largest absolute Gasteiger partial charge is 0.468 e. The molecule has 9 heteroatoms. The third kappa shape index (κ3) is 5.93. The van der Waals surface area contributed by atoms with Crippen molar-refractivity contribution in [3.63, 3.8) is 0 Å². The molecule has 0 atom stereocenters. The molecule has 0 heterocycles. The van der Waals surface area contributed by atoms with Gasteiger partial charge in [0.1, 0.15) is 18.0 Å². The van der Waals surface area contributed by atoms with Crippen molar-refractivity contribution in [2.75, 3.05) is 19.9 Å². The molecular weight excluding hydrogens is 347 g/mol. The first-order valence-corrected chi connectivity index (χ1v) is 9.01. The molecule has 0 bridgehead atoms. The first-order valence-electron chi connectivity index (χ1n) is 7.28. The lowest BCUT2D eigenvalue weighted by molar-refractivity contribution is -0.141. The number of nitrogens with zero attached hydrogens (tertiary/aromatic N) is 2. The molecule has 0 aliphatic heterocycles. The van der Waals surface area contributed by atoms with Gasteiger partial charge in [-0.1, -0.05) is 36.4 Å². The van der Waals surface area contributed by atoms with Gasteiger partial charge >= 0.3 is 13.6 Å². The van der Waals surface area contributed by atoms with Crippen LogP contribution in [0, 0.1) is 4.91 Å². The van der Waals surface area contributed by atoms with Gasteiger partial charge in [0, 0.05) is 0 Å². The van der Waals surface area contributed by atoms with Gasteiger partial charge in [0.25, 0.3) is 0 Å². The smallest absolute Gasteiger partial charge is 0.451 e. The molecule has 2 aromatic carbocycles. The van der Waals surface area contributed by atoms with Gasteiger partial charge in [0.2, 0.25) is 0 Å². The van der Waals surface area contributed by atoms with Gasteiger partial charge in [0.05, 0.1) is 12.4 Å². The maximum atomic E-state index is 13.2. The normalized spacial score (nSPS) is 10.6. The number of para-hydroxylation sites is 2. The third-order valence-electron chi connectivity index (χ3n) is 2.97. The molecule has 132 valence electrons. The van der Waals surface area contributed by atoms with Crippen LogP contribution >= 0.6 is 7.60 Å². The number of hydrogen-bond donors (Lipinski definition) is 0. The first kappa shape index (κ1) is 18.5. The van der Waals surface area contributed by atoms with Crippen molar-refractivity contribution in [1.29, 1.82) is 0 Å². The van der Waals surface area contributed by atoms with Crippen molar-refractivity contribution < 1.29 is 23.1 Å². The lowest BCUT2D eigenvalue weighted by atomic mass is 10.3. The molecule has 8 nitrogen and oxygen atoms in total. The van der Waals surface area contributed by atoms with E-state index in [1.54, 1.807) is 60.7 Å². The molecule has 0 saturated carbocycles. The van der Waals surface area contributed by atoms with Gasteiger partial charge in [-0.15, -0.1) is 4.91 Å². The zero-order chi connectivity index (χ0) is 18.1. The molecular formula is C16H17N2O6P. The Balaban J connectivity index is 2.22. The quantitative estimate of drug-likeness (QED) is 0.291. The van der Waals surface area contributed by atoms with E-state index in [1.807, 2.05) is 0 Å². The third-order valence-corrected chi connectivity index (χ3v) is 4.62. The lowest BCUT2D eigenvalue weighted by Crippen LogP contribution is -2.28. The summed E-state index contributed by atoms with van der Waals surface area (Å²) in [7, 11) is -2.71. The Hall–Kier alpha value is -2.86. The summed E-state index contributed by atoms with van der Waals surface area (Å²) in [6.07, 6.45) is -0.518. The topological polar surface area (TPSA) is 94.5 Å². The minimum absolute atomic E-state index is 0.297. The predicted molar refractivity (Wildman–Crippen MR) is 91.1 cm³/mol. The highest BCUT2D eigenvalue weighted by molar-refractivity contribution is 7.54. The standard InChI is InChI=1S/C16H17N2O6P/c1-22-16(19)12-18(17-20)13-25(21,23-14-8-4-2-5-9-14)24-15-10-6-3-7-11-15/h2-11H,12-13H2,1H3. The van der Waals surface area contributed by atoms with Gasteiger partial charge in [-0.3, -0.25) is 4.79 Å². The Labute approximate surface area is 144 Å². The van der Waals surface area contributed by atoms with E-state index < -0.39 is 26.4 Å². The second-order valence-corrected chi connectivity index (χ2v) is 6.75. The van der Waals surface area contributed by atoms with Gasteiger partial charge in [-0.2, -0.15) is 0 Å². The summed E-state index contributed by atoms with van der Waals surface area (Å²) in [5, 5.41) is 3.43. The zero-order valence-electron chi connectivity index (χ0n) is 13.5. The van der Waals surface area contributed by atoms with Crippen LogP contribution in [0.3, 0.4) is 0 Å². The Kier molecular flexibility index (Phi) is 6.54. The van der Waals surface area contributed by atoms with Crippen molar-refractivity contribution in [3.05, 3.63) is 65.6 Å². The Morgan fingerprint density at radius 1 is 1.00 bits per heavy atom. The summed E-state index contributed by atoms with van der Waals surface area (Å²) in [5.41, 5.74) is 0. The van der Waals surface area contributed by atoms with E-state index in [4.69, 9.17) is 9.05 Å². The van der Waals surface area contributed by atoms with Gasteiger partial charge < -0.3 is 13.8 Å². The summed E-state index contributed by atoms with van der Waals surface area (Å²) >= 11 is 0. The summed E-state index contributed by atoms with van der Waals surface area (Å²) in [4.78, 5) is 22.3. The van der Waals surface area contributed by atoms with E-state index in [-0.39, 0.29) is 0 Å². The fraction of sp³-hybridized carbons (Fsp3) is 0.188. The molecule has 2 rings (SSSR count). The molecule has 0 aromatic heterocycles. The SMILES string of the molecule is COC(=O)CN(CP(=O)(Oc1ccccc1)Oc1ccccc1)N=O. The molecule has 0 amide bonds. The predicted octanol–water partition coefficient (Wildman–Crippen LogP) is 3.45.